The summed E-state index contributed by atoms with van der Waals surface area (Å²) < 4.78 is 0. The van der Waals surface area contributed by atoms with Gasteiger partial charge in [0.15, 0.2) is 0 Å². The van der Waals surface area contributed by atoms with Crippen molar-refractivity contribution in [1.82, 2.24) is 10.3 Å². The SMILES string of the molecule is Cc1ccc([C@H](C)NC(=O)C2CCC(O)CC2)cn1. The average Bonchev–Trinajstić information content (AvgIpc) is 2.40. The molecule has 1 aromatic rings. The molecule has 4 nitrogen and oxygen atoms in total. The van der Waals surface area contributed by atoms with Crippen molar-refractivity contribution in [2.45, 2.75) is 51.7 Å². The molecule has 1 aliphatic carbocycles. The number of aliphatic hydroxyl groups is 1. The first kappa shape index (κ1) is 14.0. The third-order valence-electron chi connectivity index (χ3n) is 3.86. The van der Waals surface area contributed by atoms with Crippen LogP contribution in [0.25, 0.3) is 0 Å². The third-order valence-corrected chi connectivity index (χ3v) is 3.86. The summed E-state index contributed by atoms with van der Waals surface area (Å²) >= 11 is 0. The third kappa shape index (κ3) is 3.77. The van der Waals surface area contributed by atoms with Gasteiger partial charge in [-0.15, -0.1) is 0 Å². The number of nitrogens with one attached hydrogen (secondary N) is 1. The Bertz CT molecular complexity index is 422. The molecule has 4 heteroatoms. The number of aromatic nitrogens is 1. The highest BCUT2D eigenvalue weighted by Gasteiger charge is 2.26. The maximum absolute atomic E-state index is 12.1. The number of carbonyl (C=O) groups excluding carboxylic acids is 1. The van der Waals surface area contributed by atoms with Crippen molar-refractivity contribution in [2.75, 3.05) is 0 Å². The number of rotatable bonds is 3. The normalized spacial score (nSPS) is 24.8. The van der Waals surface area contributed by atoms with E-state index in [2.05, 4.69) is 10.3 Å². The van der Waals surface area contributed by atoms with Crippen LogP contribution in [0.1, 0.15) is 49.9 Å². The molecule has 1 saturated carbocycles. The molecule has 0 aliphatic heterocycles. The molecule has 1 fully saturated rings. The first-order valence-corrected chi connectivity index (χ1v) is 6.97. The predicted molar refractivity (Wildman–Crippen MR) is 73.5 cm³/mol. The Morgan fingerprint density at radius 3 is 2.63 bits per heavy atom. The molecule has 104 valence electrons. The van der Waals surface area contributed by atoms with Crippen LogP contribution in [0.4, 0.5) is 0 Å². The summed E-state index contributed by atoms with van der Waals surface area (Å²) in [5.74, 6) is 0.143. The van der Waals surface area contributed by atoms with E-state index in [1.807, 2.05) is 32.2 Å². The van der Waals surface area contributed by atoms with Gasteiger partial charge in [-0.2, -0.15) is 0 Å². The van der Waals surface area contributed by atoms with Gasteiger partial charge in [0.05, 0.1) is 12.1 Å². The lowest BCUT2D eigenvalue weighted by Gasteiger charge is -2.26. The van der Waals surface area contributed by atoms with Crippen LogP contribution in [0.2, 0.25) is 0 Å². The minimum atomic E-state index is -0.220. The van der Waals surface area contributed by atoms with Gasteiger partial charge >= 0.3 is 0 Å². The molecular formula is C15H22N2O2. The molecule has 0 bridgehead atoms. The fourth-order valence-electron chi connectivity index (χ4n) is 2.49. The molecule has 1 amide bonds. The first-order chi connectivity index (χ1) is 9.06. The zero-order valence-electron chi connectivity index (χ0n) is 11.6. The second kappa shape index (κ2) is 6.15. The van der Waals surface area contributed by atoms with Crippen molar-refractivity contribution in [3.8, 4) is 0 Å². The number of aliphatic hydroxyl groups excluding tert-OH is 1. The highest BCUT2D eigenvalue weighted by molar-refractivity contribution is 5.79. The van der Waals surface area contributed by atoms with Crippen molar-refractivity contribution in [2.24, 2.45) is 5.92 Å². The molecule has 1 atom stereocenters. The lowest BCUT2D eigenvalue weighted by Crippen LogP contribution is -2.35. The summed E-state index contributed by atoms with van der Waals surface area (Å²) in [4.78, 5) is 16.4. The Hall–Kier alpha value is -1.42. The minimum absolute atomic E-state index is 0.0209. The van der Waals surface area contributed by atoms with E-state index in [9.17, 15) is 9.90 Å². The summed E-state index contributed by atoms with van der Waals surface area (Å²) in [6, 6.07) is 3.93. The Labute approximate surface area is 114 Å². The van der Waals surface area contributed by atoms with Crippen molar-refractivity contribution >= 4 is 5.91 Å². The molecule has 0 saturated heterocycles. The molecule has 2 rings (SSSR count). The molecule has 0 radical (unpaired) electrons. The van der Waals surface area contributed by atoms with E-state index in [-0.39, 0.29) is 24.0 Å². The number of hydrogen-bond acceptors (Lipinski definition) is 3. The summed E-state index contributed by atoms with van der Waals surface area (Å²) in [6.07, 6.45) is 4.63. The van der Waals surface area contributed by atoms with Gasteiger partial charge in [-0.25, -0.2) is 0 Å². The van der Waals surface area contributed by atoms with Gasteiger partial charge in [-0.1, -0.05) is 6.07 Å². The van der Waals surface area contributed by atoms with Gasteiger partial charge < -0.3 is 10.4 Å². The van der Waals surface area contributed by atoms with Gasteiger partial charge in [0.2, 0.25) is 5.91 Å². The van der Waals surface area contributed by atoms with E-state index in [4.69, 9.17) is 0 Å². The Balaban J connectivity index is 1.89. The van der Waals surface area contributed by atoms with Crippen molar-refractivity contribution in [1.29, 1.82) is 0 Å². The quantitative estimate of drug-likeness (QED) is 0.877. The lowest BCUT2D eigenvalue weighted by atomic mass is 9.86. The standard InChI is InChI=1S/C15H22N2O2/c1-10-3-4-13(9-16-10)11(2)17-15(19)12-5-7-14(18)8-6-12/h3-4,9,11-12,14,18H,5-8H2,1-2H3,(H,17,19)/t11-,12?,14?/m0/s1. The summed E-state index contributed by atoms with van der Waals surface area (Å²) in [7, 11) is 0. The Morgan fingerprint density at radius 1 is 1.37 bits per heavy atom. The van der Waals surface area contributed by atoms with Gasteiger partial charge in [0, 0.05) is 17.8 Å². The number of carbonyl (C=O) groups is 1. The smallest absolute Gasteiger partial charge is 0.223 e. The molecule has 1 aliphatic rings. The fraction of sp³-hybridized carbons (Fsp3) is 0.600. The first-order valence-electron chi connectivity index (χ1n) is 6.97. The fourth-order valence-corrected chi connectivity index (χ4v) is 2.49. The van der Waals surface area contributed by atoms with Crippen molar-refractivity contribution in [3.05, 3.63) is 29.6 Å². The van der Waals surface area contributed by atoms with Crippen LogP contribution in [-0.4, -0.2) is 22.1 Å². The molecule has 0 spiro atoms. The molecular weight excluding hydrogens is 240 g/mol. The molecule has 19 heavy (non-hydrogen) atoms. The maximum atomic E-state index is 12.1. The van der Waals surface area contributed by atoms with Crippen LogP contribution in [0.5, 0.6) is 0 Å². The second-order valence-electron chi connectivity index (χ2n) is 5.47. The topological polar surface area (TPSA) is 62.2 Å². The number of hydrogen-bond donors (Lipinski definition) is 2. The van der Waals surface area contributed by atoms with Crippen LogP contribution in [0.3, 0.4) is 0 Å². The molecule has 2 N–H and O–H groups in total. The van der Waals surface area contributed by atoms with Crippen LogP contribution < -0.4 is 5.32 Å². The molecule has 1 aromatic heterocycles. The molecule has 0 aromatic carbocycles. The summed E-state index contributed by atoms with van der Waals surface area (Å²) in [5.41, 5.74) is 2.00. The van der Waals surface area contributed by atoms with Crippen LogP contribution in [-0.2, 0) is 4.79 Å². The monoisotopic (exact) mass is 262 g/mol. The summed E-state index contributed by atoms with van der Waals surface area (Å²) in [5, 5.41) is 12.5. The van der Waals surface area contributed by atoms with Gasteiger partial charge in [-0.05, 0) is 51.2 Å². The number of amides is 1. The van der Waals surface area contributed by atoms with Crippen LogP contribution >= 0.6 is 0 Å². The minimum Gasteiger partial charge on any atom is -0.393 e. The number of pyridine rings is 1. The zero-order chi connectivity index (χ0) is 13.8. The van der Waals surface area contributed by atoms with E-state index >= 15 is 0 Å². The number of aryl methyl sites for hydroxylation is 1. The van der Waals surface area contributed by atoms with Crippen LogP contribution in [0.15, 0.2) is 18.3 Å². The summed E-state index contributed by atoms with van der Waals surface area (Å²) in [6.45, 7) is 3.92. The maximum Gasteiger partial charge on any atom is 0.223 e. The second-order valence-corrected chi connectivity index (χ2v) is 5.47. The number of nitrogens with zero attached hydrogens (tertiary/aromatic N) is 1. The van der Waals surface area contributed by atoms with Gasteiger partial charge in [0.1, 0.15) is 0 Å². The molecule has 0 unspecified atom stereocenters. The van der Waals surface area contributed by atoms with E-state index in [1.54, 1.807) is 0 Å². The van der Waals surface area contributed by atoms with Crippen molar-refractivity contribution in [3.63, 3.8) is 0 Å². The van der Waals surface area contributed by atoms with Crippen molar-refractivity contribution < 1.29 is 9.90 Å². The lowest BCUT2D eigenvalue weighted by molar-refractivity contribution is -0.127. The highest BCUT2D eigenvalue weighted by Crippen LogP contribution is 2.25. The van der Waals surface area contributed by atoms with Gasteiger partial charge in [0.25, 0.3) is 0 Å². The van der Waals surface area contributed by atoms with E-state index < -0.39 is 0 Å². The highest BCUT2D eigenvalue weighted by atomic mass is 16.3. The molecule has 1 heterocycles. The van der Waals surface area contributed by atoms with E-state index in [0.29, 0.717) is 0 Å². The average molecular weight is 262 g/mol. The largest absolute Gasteiger partial charge is 0.393 e. The zero-order valence-corrected chi connectivity index (χ0v) is 11.6. The Kier molecular flexibility index (Phi) is 4.53. The van der Waals surface area contributed by atoms with Crippen LogP contribution in [0, 0.1) is 12.8 Å². The van der Waals surface area contributed by atoms with Gasteiger partial charge in [-0.3, -0.25) is 9.78 Å². The predicted octanol–water partition coefficient (Wildman–Crippen LogP) is 2.12. The Morgan fingerprint density at radius 2 is 2.05 bits per heavy atom. The van der Waals surface area contributed by atoms with E-state index in [1.165, 1.54) is 0 Å². The van der Waals surface area contributed by atoms with E-state index in [0.717, 1.165) is 36.9 Å².